The molecule has 0 atom stereocenters. The number of carbonyl (C=O) groups excluding carboxylic acids is 1. The Balaban J connectivity index is 2.85. The lowest BCUT2D eigenvalue weighted by atomic mass is 10.1. The summed E-state index contributed by atoms with van der Waals surface area (Å²) in [6.07, 6.45) is 2.79. The fourth-order valence-corrected chi connectivity index (χ4v) is 2.23. The predicted molar refractivity (Wildman–Crippen MR) is 75.7 cm³/mol. The maximum atomic E-state index is 12.4. The van der Waals surface area contributed by atoms with Gasteiger partial charge < -0.3 is 10.6 Å². The van der Waals surface area contributed by atoms with E-state index in [1.165, 1.54) is 0 Å². The van der Waals surface area contributed by atoms with Gasteiger partial charge in [-0.2, -0.15) is 0 Å². The summed E-state index contributed by atoms with van der Waals surface area (Å²) in [5.74, 6) is 0.0996. The van der Waals surface area contributed by atoms with E-state index < -0.39 is 0 Å². The van der Waals surface area contributed by atoms with Crippen LogP contribution in [-0.4, -0.2) is 30.4 Å². The van der Waals surface area contributed by atoms with E-state index in [0.717, 1.165) is 30.4 Å². The molecule has 0 fully saturated rings. The van der Waals surface area contributed by atoms with E-state index in [1.54, 1.807) is 0 Å². The van der Waals surface area contributed by atoms with Crippen LogP contribution < -0.4 is 5.73 Å². The van der Waals surface area contributed by atoms with Gasteiger partial charge in [-0.3, -0.25) is 4.79 Å². The first kappa shape index (κ1) is 14.7. The zero-order valence-electron chi connectivity index (χ0n) is 11.6. The summed E-state index contributed by atoms with van der Waals surface area (Å²) < 4.78 is 0. The number of hydrogen-bond acceptors (Lipinski definition) is 2. The predicted octanol–water partition coefficient (Wildman–Crippen LogP) is 2.45. The highest BCUT2D eigenvalue weighted by atomic mass is 16.2. The summed E-state index contributed by atoms with van der Waals surface area (Å²) in [6, 6.07) is 8.09. The molecule has 0 radical (unpaired) electrons. The van der Waals surface area contributed by atoms with Crippen molar-refractivity contribution in [2.45, 2.75) is 39.2 Å². The van der Waals surface area contributed by atoms with E-state index in [4.69, 9.17) is 5.73 Å². The van der Waals surface area contributed by atoms with Crippen molar-refractivity contribution >= 4 is 5.91 Å². The molecule has 0 saturated carbocycles. The van der Waals surface area contributed by atoms with E-state index >= 15 is 0 Å². The van der Waals surface area contributed by atoms with Crippen LogP contribution in [0.1, 0.15) is 42.6 Å². The Morgan fingerprint density at radius 2 is 2.00 bits per heavy atom. The van der Waals surface area contributed by atoms with Gasteiger partial charge in [-0.15, -0.1) is 0 Å². The molecule has 0 aliphatic heterocycles. The second-order valence-corrected chi connectivity index (χ2v) is 4.63. The molecule has 1 aromatic carbocycles. The van der Waals surface area contributed by atoms with Crippen LogP contribution in [0.3, 0.4) is 0 Å². The molecule has 0 heterocycles. The molecule has 0 saturated heterocycles. The fourth-order valence-electron chi connectivity index (χ4n) is 2.23. The molecule has 0 aliphatic rings. The summed E-state index contributed by atoms with van der Waals surface area (Å²) in [4.78, 5) is 14.2. The minimum Gasteiger partial charge on any atom is -0.339 e. The molecule has 0 bridgehead atoms. The van der Waals surface area contributed by atoms with Crippen molar-refractivity contribution in [3.8, 4) is 0 Å². The van der Waals surface area contributed by atoms with Gasteiger partial charge in [0.2, 0.25) is 0 Å². The SMILES string of the molecule is CCC(CC)N(C)C(=O)c1cccc(CCN)c1. The van der Waals surface area contributed by atoms with Crippen molar-refractivity contribution in [2.24, 2.45) is 5.73 Å². The van der Waals surface area contributed by atoms with Crippen molar-refractivity contribution in [3.63, 3.8) is 0 Å². The minimum atomic E-state index is 0.0996. The number of benzene rings is 1. The second kappa shape index (κ2) is 7.17. The van der Waals surface area contributed by atoms with Gasteiger partial charge in [0, 0.05) is 18.7 Å². The average molecular weight is 248 g/mol. The van der Waals surface area contributed by atoms with E-state index in [2.05, 4.69) is 13.8 Å². The Morgan fingerprint density at radius 1 is 1.33 bits per heavy atom. The number of carbonyl (C=O) groups is 1. The molecule has 3 nitrogen and oxygen atoms in total. The van der Waals surface area contributed by atoms with Gasteiger partial charge in [-0.25, -0.2) is 0 Å². The van der Waals surface area contributed by atoms with Crippen LogP contribution in [0.2, 0.25) is 0 Å². The highest BCUT2D eigenvalue weighted by Crippen LogP contribution is 2.13. The average Bonchev–Trinajstić information content (AvgIpc) is 2.40. The standard InChI is InChI=1S/C15H24N2O/c1-4-14(5-2)17(3)15(18)13-8-6-7-12(11-13)9-10-16/h6-8,11,14H,4-5,9-10,16H2,1-3H3. The minimum absolute atomic E-state index is 0.0996. The van der Waals surface area contributed by atoms with Gasteiger partial charge >= 0.3 is 0 Å². The van der Waals surface area contributed by atoms with Gasteiger partial charge in [0.15, 0.2) is 0 Å². The van der Waals surface area contributed by atoms with Crippen LogP contribution in [0.15, 0.2) is 24.3 Å². The summed E-state index contributed by atoms with van der Waals surface area (Å²) in [5.41, 5.74) is 7.43. The Morgan fingerprint density at radius 3 is 2.56 bits per heavy atom. The second-order valence-electron chi connectivity index (χ2n) is 4.63. The third-order valence-corrected chi connectivity index (χ3v) is 3.42. The van der Waals surface area contributed by atoms with Gasteiger partial charge in [-0.1, -0.05) is 26.0 Å². The zero-order valence-corrected chi connectivity index (χ0v) is 11.6. The largest absolute Gasteiger partial charge is 0.339 e. The van der Waals surface area contributed by atoms with Crippen LogP contribution in [0.5, 0.6) is 0 Å². The lowest BCUT2D eigenvalue weighted by Crippen LogP contribution is -2.36. The van der Waals surface area contributed by atoms with Crippen molar-refractivity contribution in [1.29, 1.82) is 0 Å². The topological polar surface area (TPSA) is 46.3 Å². The van der Waals surface area contributed by atoms with Crippen molar-refractivity contribution in [2.75, 3.05) is 13.6 Å². The van der Waals surface area contributed by atoms with E-state index in [-0.39, 0.29) is 5.91 Å². The van der Waals surface area contributed by atoms with Crippen LogP contribution in [0, 0.1) is 0 Å². The molecular formula is C15H24N2O. The first-order chi connectivity index (χ1) is 8.63. The Bertz CT molecular complexity index is 386. The Hall–Kier alpha value is -1.35. The van der Waals surface area contributed by atoms with E-state index in [9.17, 15) is 4.79 Å². The van der Waals surface area contributed by atoms with Crippen LogP contribution >= 0.6 is 0 Å². The summed E-state index contributed by atoms with van der Waals surface area (Å²) >= 11 is 0. The number of nitrogens with two attached hydrogens (primary N) is 1. The van der Waals surface area contributed by atoms with Crippen LogP contribution in [0.25, 0.3) is 0 Å². The number of hydrogen-bond donors (Lipinski definition) is 1. The lowest BCUT2D eigenvalue weighted by molar-refractivity contribution is 0.0723. The van der Waals surface area contributed by atoms with Crippen LogP contribution in [0.4, 0.5) is 0 Å². The van der Waals surface area contributed by atoms with Crippen molar-refractivity contribution < 1.29 is 4.79 Å². The van der Waals surface area contributed by atoms with Crippen LogP contribution in [-0.2, 0) is 6.42 Å². The molecule has 100 valence electrons. The monoisotopic (exact) mass is 248 g/mol. The molecule has 1 rings (SSSR count). The number of rotatable bonds is 6. The highest BCUT2D eigenvalue weighted by Gasteiger charge is 2.18. The molecule has 0 unspecified atom stereocenters. The molecule has 1 aromatic rings. The molecule has 0 spiro atoms. The molecular weight excluding hydrogens is 224 g/mol. The number of nitrogens with zero attached hydrogens (tertiary/aromatic N) is 1. The molecule has 1 amide bonds. The van der Waals surface area contributed by atoms with Gasteiger partial charge in [0.05, 0.1) is 0 Å². The lowest BCUT2D eigenvalue weighted by Gasteiger charge is -2.26. The first-order valence-corrected chi connectivity index (χ1v) is 6.70. The molecule has 0 aromatic heterocycles. The van der Waals surface area contributed by atoms with Crippen molar-refractivity contribution in [3.05, 3.63) is 35.4 Å². The normalized spacial score (nSPS) is 10.7. The van der Waals surface area contributed by atoms with Gasteiger partial charge in [-0.05, 0) is 43.5 Å². The van der Waals surface area contributed by atoms with Gasteiger partial charge in [0.1, 0.15) is 0 Å². The quantitative estimate of drug-likeness (QED) is 0.840. The maximum absolute atomic E-state index is 12.4. The number of amides is 1. The third kappa shape index (κ3) is 3.57. The molecule has 0 aliphatic carbocycles. The third-order valence-electron chi connectivity index (χ3n) is 3.42. The first-order valence-electron chi connectivity index (χ1n) is 6.70. The zero-order chi connectivity index (χ0) is 13.5. The maximum Gasteiger partial charge on any atom is 0.253 e. The Labute approximate surface area is 110 Å². The van der Waals surface area contributed by atoms with E-state index in [0.29, 0.717) is 12.6 Å². The summed E-state index contributed by atoms with van der Waals surface area (Å²) in [5, 5.41) is 0. The van der Waals surface area contributed by atoms with Crippen molar-refractivity contribution in [1.82, 2.24) is 4.90 Å². The molecule has 2 N–H and O–H groups in total. The highest BCUT2D eigenvalue weighted by molar-refractivity contribution is 5.94. The fraction of sp³-hybridized carbons (Fsp3) is 0.533. The molecule has 18 heavy (non-hydrogen) atoms. The van der Waals surface area contributed by atoms with E-state index in [1.807, 2.05) is 36.2 Å². The summed E-state index contributed by atoms with van der Waals surface area (Å²) in [6.45, 7) is 4.84. The van der Waals surface area contributed by atoms with Gasteiger partial charge in [0.25, 0.3) is 5.91 Å². The summed E-state index contributed by atoms with van der Waals surface area (Å²) in [7, 11) is 1.88. The smallest absolute Gasteiger partial charge is 0.253 e. The molecule has 3 heteroatoms. The Kier molecular flexibility index (Phi) is 5.86.